The van der Waals surface area contributed by atoms with Crippen LogP contribution in [0.1, 0.15) is 19.3 Å². The van der Waals surface area contributed by atoms with Gasteiger partial charge in [0.1, 0.15) is 0 Å². The van der Waals surface area contributed by atoms with E-state index in [0.29, 0.717) is 16.7 Å². The van der Waals surface area contributed by atoms with Crippen LogP contribution in [0.15, 0.2) is 24.3 Å². The molecular formula is C15H17ClN6O2. The summed E-state index contributed by atoms with van der Waals surface area (Å²) in [5.74, 6) is 0.344. The van der Waals surface area contributed by atoms with E-state index in [-0.39, 0.29) is 17.3 Å². The van der Waals surface area contributed by atoms with Gasteiger partial charge in [-0.15, -0.1) is 0 Å². The summed E-state index contributed by atoms with van der Waals surface area (Å²) < 4.78 is 0. The van der Waals surface area contributed by atoms with Crippen molar-refractivity contribution in [1.29, 1.82) is 0 Å². The number of hydrogen-bond donors (Lipinski definition) is 2. The van der Waals surface area contributed by atoms with Gasteiger partial charge in [0.05, 0.1) is 4.92 Å². The minimum absolute atomic E-state index is 0.0791. The summed E-state index contributed by atoms with van der Waals surface area (Å²) in [6.45, 7) is 1.63. The molecule has 24 heavy (non-hydrogen) atoms. The zero-order valence-electron chi connectivity index (χ0n) is 12.9. The molecule has 1 aromatic heterocycles. The van der Waals surface area contributed by atoms with Gasteiger partial charge in [-0.05, 0) is 43.5 Å². The number of nitro groups is 1. The first-order valence-corrected chi connectivity index (χ1v) is 8.02. The third kappa shape index (κ3) is 3.48. The molecule has 0 aliphatic carbocycles. The molecule has 0 amide bonds. The molecule has 0 bridgehead atoms. The van der Waals surface area contributed by atoms with Crippen molar-refractivity contribution in [2.45, 2.75) is 19.3 Å². The molecule has 1 fully saturated rings. The lowest BCUT2D eigenvalue weighted by Crippen LogP contribution is -2.31. The smallest absolute Gasteiger partial charge is 0.353 e. The number of hydrogen-bond acceptors (Lipinski definition) is 7. The topological polar surface area (TPSA) is 110 Å². The molecule has 0 radical (unpaired) electrons. The number of halogens is 1. The minimum atomic E-state index is -0.576. The maximum atomic E-state index is 11.3. The number of anilines is 4. The van der Waals surface area contributed by atoms with Gasteiger partial charge in [0.25, 0.3) is 0 Å². The molecule has 2 aromatic rings. The lowest BCUT2D eigenvalue weighted by molar-refractivity contribution is -0.383. The summed E-state index contributed by atoms with van der Waals surface area (Å²) >= 11 is 5.86. The molecule has 126 valence electrons. The monoisotopic (exact) mass is 348 g/mol. The van der Waals surface area contributed by atoms with Gasteiger partial charge in [-0.2, -0.15) is 9.97 Å². The minimum Gasteiger partial charge on any atom is -0.378 e. The fourth-order valence-electron chi connectivity index (χ4n) is 2.63. The van der Waals surface area contributed by atoms with Crippen molar-refractivity contribution in [1.82, 2.24) is 9.97 Å². The van der Waals surface area contributed by atoms with Crippen LogP contribution >= 0.6 is 11.6 Å². The number of nitrogens with two attached hydrogens (primary N) is 1. The molecule has 1 aliphatic heterocycles. The van der Waals surface area contributed by atoms with Crippen LogP contribution in [0.4, 0.5) is 29.0 Å². The van der Waals surface area contributed by atoms with Crippen LogP contribution in [0.5, 0.6) is 0 Å². The first-order chi connectivity index (χ1) is 11.5. The Morgan fingerprint density at radius 1 is 1.17 bits per heavy atom. The van der Waals surface area contributed by atoms with Gasteiger partial charge in [0, 0.05) is 23.8 Å². The number of benzene rings is 1. The number of nitrogens with one attached hydrogen (secondary N) is 1. The van der Waals surface area contributed by atoms with Crippen LogP contribution in [-0.2, 0) is 0 Å². The quantitative estimate of drug-likeness (QED) is 0.643. The fraction of sp³-hybridized carbons (Fsp3) is 0.333. The predicted molar refractivity (Wildman–Crippen MR) is 93.9 cm³/mol. The molecule has 9 heteroatoms. The Morgan fingerprint density at radius 3 is 2.46 bits per heavy atom. The van der Waals surface area contributed by atoms with E-state index in [1.165, 1.54) is 0 Å². The zero-order chi connectivity index (χ0) is 17.1. The van der Waals surface area contributed by atoms with Crippen molar-refractivity contribution in [2.24, 2.45) is 0 Å². The molecule has 2 heterocycles. The number of nitrogen functional groups attached to an aromatic ring is 1. The van der Waals surface area contributed by atoms with Crippen LogP contribution in [0, 0.1) is 10.1 Å². The zero-order valence-corrected chi connectivity index (χ0v) is 13.7. The van der Waals surface area contributed by atoms with Crippen molar-refractivity contribution < 1.29 is 4.92 Å². The van der Waals surface area contributed by atoms with Crippen molar-refractivity contribution in [3.05, 3.63) is 39.4 Å². The first kappa shape index (κ1) is 16.3. The van der Waals surface area contributed by atoms with E-state index in [4.69, 9.17) is 17.3 Å². The third-order valence-corrected chi connectivity index (χ3v) is 4.08. The van der Waals surface area contributed by atoms with Gasteiger partial charge in [-0.25, -0.2) is 0 Å². The molecule has 0 spiro atoms. The second-order valence-electron chi connectivity index (χ2n) is 5.54. The summed E-state index contributed by atoms with van der Waals surface area (Å²) in [6, 6.07) is 6.80. The summed E-state index contributed by atoms with van der Waals surface area (Å²) in [5, 5.41) is 14.9. The number of piperidine rings is 1. The lowest BCUT2D eigenvalue weighted by Gasteiger charge is -2.27. The molecule has 1 saturated heterocycles. The number of rotatable bonds is 4. The summed E-state index contributed by atoms with van der Waals surface area (Å²) in [6.07, 6.45) is 3.25. The Morgan fingerprint density at radius 2 is 1.83 bits per heavy atom. The number of aromatic nitrogens is 2. The standard InChI is InChI=1S/C15H17ClN6O2/c16-10-4-6-11(7-5-10)18-14-12(22(23)24)13(17)19-15(20-14)21-8-2-1-3-9-21/h4-7H,1-3,8-9H2,(H3,17,18,19,20). The Labute approximate surface area is 143 Å². The Kier molecular flexibility index (Phi) is 4.66. The maximum absolute atomic E-state index is 11.3. The van der Waals surface area contributed by atoms with Gasteiger partial charge < -0.3 is 16.0 Å². The van der Waals surface area contributed by atoms with E-state index >= 15 is 0 Å². The third-order valence-electron chi connectivity index (χ3n) is 3.83. The van der Waals surface area contributed by atoms with Gasteiger partial charge in [0.2, 0.25) is 17.6 Å². The normalized spacial score (nSPS) is 14.5. The van der Waals surface area contributed by atoms with Crippen molar-refractivity contribution >= 4 is 40.6 Å². The van der Waals surface area contributed by atoms with Gasteiger partial charge in [-0.1, -0.05) is 11.6 Å². The Hall–Kier alpha value is -2.61. The molecule has 8 nitrogen and oxygen atoms in total. The number of nitrogens with zero attached hydrogens (tertiary/aromatic N) is 4. The summed E-state index contributed by atoms with van der Waals surface area (Å²) in [5.41, 5.74) is 6.13. The van der Waals surface area contributed by atoms with Crippen LogP contribution < -0.4 is 16.0 Å². The second kappa shape index (κ2) is 6.88. The molecule has 0 unspecified atom stereocenters. The van der Waals surface area contributed by atoms with Crippen LogP contribution in [0.3, 0.4) is 0 Å². The predicted octanol–water partition coefficient (Wildman–Crippen LogP) is 3.35. The van der Waals surface area contributed by atoms with Crippen molar-refractivity contribution in [3.63, 3.8) is 0 Å². The van der Waals surface area contributed by atoms with E-state index in [0.717, 1.165) is 32.4 Å². The highest BCUT2D eigenvalue weighted by Gasteiger charge is 2.25. The average Bonchev–Trinajstić information content (AvgIpc) is 2.57. The highest BCUT2D eigenvalue weighted by molar-refractivity contribution is 6.30. The van der Waals surface area contributed by atoms with E-state index in [1.807, 2.05) is 4.90 Å². The fourth-order valence-corrected chi connectivity index (χ4v) is 2.76. The molecular weight excluding hydrogens is 332 g/mol. The van der Waals surface area contributed by atoms with Crippen LogP contribution in [-0.4, -0.2) is 28.0 Å². The van der Waals surface area contributed by atoms with Crippen molar-refractivity contribution in [2.75, 3.05) is 29.0 Å². The second-order valence-corrected chi connectivity index (χ2v) is 5.98. The van der Waals surface area contributed by atoms with E-state index < -0.39 is 4.92 Å². The van der Waals surface area contributed by atoms with Crippen LogP contribution in [0.2, 0.25) is 5.02 Å². The maximum Gasteiger partial charge on any atom is 0.353 e. The lowest BCUT2D eigenvalue weighted by atomic mass is 10.1. The average molecular weight is 349 g/mol. The first-order valence-electron chi connectivity index (χ1n) is 7.64. The van der Waals surface area contributed by atoms with Gasteiger partial charge >= 0.3 is 5.69 Å². The van der Waals surface area contributed by atoms with Crippen molar-refractivity contribution in [3.8, 4) is 0 Å². The Balaban J connectivity index is 1.98. The molecule has 1 aliphatic rings. The van der Waals surface area contributed by atoms with E-state index in [9.17, 15) is 10.1 Å². The van der Waals surface area contributed by atoms with E-state index in [2.05, 4.69) is 15.3 Å². The largest absolute Gasteiger partial charge is 0.378 e. The molecule has 3 N–H and O–H groups in total. The molecule has 0 atom stereocenters. The van der Waals surface area contributed by atoms with Gasteiger partial charge in [-0.3, -0.25) is 10.1 Å². The molecule has 0 saturated carbocycles. The highest BCUT2D eigenvalue weighted by Crippen LogP contribution is 2.33. The molecule has 1 aromatic carbocycles. The van der Waals surface area contributed by atoms with E-state index in [1.54, 1.807) is 24.3 Å². The summed E-state index contributed by atoms with van der Waals surface area (Å²) in [7, 11) is 0. The SMILES string of the molecule is Nc1nc(N2CCCCC2)nc(Nc2ccc(Cl)cc2)c1[N+](=O)[O-]. The summed E-state index contributed by atoms with van der Waals surface area (Å²) in [4.78, 5) is 21.2. The Bertz CT molecular complexity index is 746. The van der Waals surface area contributed by atoms with Crippen LogP contribution in [0.25, 0.3) is 0 Å². The van der Waals surface area contributed by atoms with Gasteiger partial charge in [0.15, 0.2) is 0 Å². The molecule has 3 rings (SSSR count). The highest BCUT2D eigenvalue weighted by atomic mass is 35.5.